The van der Waals surface area contributed by atoms with Gasteiger partial charge in [0.25, 0.3) is 0 Å². The van der Waals surface area contributed by atoms with E-state index in [2.05, 4.69) is 20.4 Å². The summed E-state index contributed by atoms with van der Waals surface area (Å²) >= 11 is 0.532. The molecule has 0 fully saturated rings. The van der Waals surface area contributed by atoms with Crippen molar-refractivity contribution in [2.24, 2.45) is 5.84 Å². The Hall–Kier alpha value is -1.45. The molecule has 5 nitrogen and oxygen atoms in total. The van der Waals surface area contributed by atoms with Crippen molar-refractivity contribution in [2.75, 3.05) is 0 Å². The Labute approximate surface area is 97.9 Å². The summed E-state index contributed by atoms with van der Waals surface area (Å²) in [4.78, 5) is 10.4. The van der Waals surface area contributed by atoms with E-state index in [1.54, 1.807) is 6.20 Å². The molecular formula is C8H8F3N5S. The molecule has 0 aliphatic rings. The molecule has 1 unspecified atom stereocenters. The zero-order chi connectivity index (χ0) is 12.5. The van der Waals surface area contributed by atoms with E-state index in [4.69, 9.17) is 5.84 Å². The van der Waals surface area contributed by atoms with Crippen LogP contribution in [0.4, 0.5) is 13.2 Å². The zero-order valence-corrected chi connectivity index (χ0v) is 9.14. The molecule has 0 radical (unpaired) electrons. The predicted octanol–water partition coefficient (Wildman–Crippen LogP) is 1.44. The Balaban J connectivity index is 2.30. The topological polar surface area (TPSA) is 79.6 Å². The van der Waals surface area contributed by atoms with Gasteiger partial charge in [-0.1, -0.05) is 0 Å². The lowest BCUT2D eigenvalue weighted by atomic mass is 10.2. The molecule has 0 aromatic carbocycles. The van der Waals surface area contributed by atoms with Crippen LogP contribution < -0.4 is 11.3 Å². The average Bonchev–Trinajstić information content (AvgIpc) is 2.87. The number of nitrogens with zero attached hydrogens (tertiary/aromatic N) is 2. The van der Waals surface area contributed by atoms with Crippen LogP contribution >= 0.6 is 11.3 Å². The minimum atomic E-state index is -4.44. The molecule has 9 heteroatoms. The molecule has 17 heavy (non-hydrogen) atoms. The highest BCUT2D eigenvalue weighted by Gasteiger charge is 2.35. The van der Waals surface area contributed by atoms with E-state index in [0.29, 0.717) is 22.0 Å². The fourth-order valence-corrected chi connectivity index (χ4v) is 2.13. The number of aromatic amines is 1. The van der Waals surface area contributed by atoms with E-state index in [1.165, 1.54) is 6.20 Å². The van der Waals surface area contributed by atoms with Crippen molar-refractivity contribution in [3.05, 3.63) is 34.3 Å². The Morgan fingerprint density at radius 3 is 2.65 bits per heavy atom. The van der Waals surface area contributed by atoms with Gasteiger partial charge in [-0.15, -0.1) is 11.3 Å². The van der Waals surface area contributed by atoms with Crippen LogP contribution in [-0.4, -0.2) is 15.0 Å². The number of thiazole rings is 1. The van der Waals surface area contributed by atoms with E-state index in [9.17, 15) is 13.2 Å². The molecule has 0 spiro atoms. The number of alkyl halides is 3. The normalized spacial score (nSPS) is 13.9. The fourth-order valence-electron chi connectivity index (χ4n) is 1.28. The molecule has 0 saturated heterocycles. The second kappa shape index (κ2) is 4.43. The highest BCUT2D eigenvalue weighted by molar-refractivity contribution is 7.11. The van der Waals surface area contributed by atoms with Crippen molar-refractivity contribution in [2.45, 2.75) is 12.2 Å². The first kappa shape index (κ1) is 12.0. The smallest absolute Gasteiger partial charge is 0.347 e. The summed E-state index contributed by atoms with van der Waals surface area (Å²) in [5.74, 6) is 5.74. The summed E-state index contributed by atoms with van der Waals surface area (Å²) in [5.41, 5.74) is 2.39. The molecular weight excluding hydrogens is 255 g/mol. The fraction of sp³-hybridized carbons (Fsp3) is 0.250. The number of hydrogen-bond acceptors (Lipinski definition) is 5. The summed E-state index contributed by atoms with van der Waals surface area (Å²) in [6.45, 7) is 0. The van der Waals surface area contributed by atoms with Crippen molar-refractivity contribution in [1.29, 1.82) is 0 Å². The number of aromatic nitrogens is 3. The number of rotatable bonds is 3. The minimum Gasteiger partial charge on any atom is -0.347 e. The van der Waals surface area contributed by atoms with Crippen LogP contribution in [0, 0.1) is 0 Å². The summed E-state index contributed by atoms with van der Waals surface area (Å²) in [6.07, 6.45) is -0.247. The highest BCUT2D eigenvalue weighted by Crippen LogP contribution is 2.35. The standard InChI is InChI=1S/C8H8F3N5S/c9-8(10,11)7-15-3-4(17-7)5(16-12)6-13-1-2-14-6/h1-3,5,16H,12H2,(H,13,14). The van der Waals surface area contributed by atoms with E-state index in [-0.39, 0.29) is 0 Å². The van der Waals surface area contributed by atoms with Crippen LogP contribution in [0.15, 0.2) is 18.6 Å². The van der Waals surface area contributed by atoms with Crippen LogP contribution in [0.25, 0.3) is 0 Å². The summed E-state index contributed by atoms with van der Waals surface area (Å²) < 4.78 is 37.2. The number of hydrogen-bond donors (Lipinski definition) is 3. The van der Waals surface area contributed by atoms with E-state index >= 15 is 0 Å². The lowest BCUT2D eigenvalue weighted by molar-refractivity contribution is -0.137. The van der Waals surface area contributed by atoms with Crippen molar-refractivity contribution >= 4 is 11.3 Å². The second-order valence-electron chi connectivity index (χ2n) is 3.14. The number of nitrogens with two attached hydrogens (primary N) is 1. The van der Waals surface area contributed by atoms with E-state index < -0.39 is 17.2 Å². The van der Waals surface area contributed by atoms with Crippen LogP contribution in [0.1, 0.15) is 21.8 Å². The Kier molecular flexibility index (Phi) is 3.13. The molecule has 2 rings (SSSR count). The Bertz CT molecular complexity index is 478. The predicted molar refractivity (Wildman–Crippen MR) is 54.9 cm³/mol. The van der Waals surface area contributed by atoms with Crippen LogP contribution in [0.5, 0.6) is 0 Å². The first-order chi connectivity index (χ1) is 8.02. The molecule has 0 amide bonds. The van der Waals surface area contributed by atoms with Crippen molar-refractivity contribution < 1.29 is 13.2 Å². The van der Waals surface area contributed by atoms with Gasteiger partial charge in [-0.3, -0.25) is 5.84 Å². The third kappa shape index (κ3) is 2.46. The van der Waals surface area contributed by atoms with Crippen molar-refractivity contribution in [3.8, 4) is 0 Å². The quantitative estimate of drug-likeness (QED) is 0.578. The Morgan fingerprint density at radius 1 is 1.41 bits per heavy atom. The van der Waals surface area contributed by atoms with Gasteiger partial charge >= 0.3 is 6.18 Å². The summed E-state index contributed by atoms with van der Waals surface area (Å²) in [6, 6.07) is -0.626. The lowest BCUT2D eigenvalue weighted by Gasteiger charge is -2.10. The van der Waals surface area contributed by atoms with Crippen molar-refractivity contribution in [3.63, 3.8) is 0 Å². The third-order valence-corrected chi connectivity index (χ3v) is 3.12. The van der Waals surface area contributed by atoms with Gasteiger partial charge in [-0.05, 0) is 0 Å². The molecule has 0 bridgehead atoms. The highest BCUT2D eigenvalue weighted by atomic mass is 32.1. The maximum Gasteiger partial charge on any atom is 0.443 e. The summed E-state index contributed by atoms with van der Waals surface area (Å²) in [7, 11) is 0. The maximum absolute atomic E-state index is 12.4. The number of nitrogens with one attached hydrogen (secondary N) is 2. The molecule has 4 N–H and O–H groups in total. The zero-order valence-electron chi connectivity index (χ0n) is 8.32. The van der Waals surface area contributed by atoms with Crippen LogP contribution in [-0.2, 0) is 6.18 Å². The molecule has 0 saturated carbocycles. The molecule has 2 aromatic rings. The van der Waals surface area contributed by atoms with Gasteiger partial charge in [0.1, 0.15) is 11.9 Å². The molecule has 0 aliphatic heterocycles. The largest absolute Gasteiger partial charge is 0.443 e. The molecule has 1 atom stereocenters. The average molecular weight is 263 g/mol. The van der Waals surface area contributed by atoms with Gasteiger partial charge < -0.3 is 4.98 Å². The van der Waals surface area contributed by atoms with Gasteiger partial charge in [-0.2, -0.15) is 13.2 Å². The van der Waals surface area contributed by atoms with Gasteiger partial charge in [0.2, 0.25) is 0 Å². The number of H-pyrrole nitrogens is 1. The van der Waals surface area contributed by atoms with Crippen LogP contribution in [0.2, 0.25) is 0 Å². The molecule has 2 aromatic heterocycles. The van der Waals surface area contributed by atoms with Crippen molar-refractivity contribution in [1.82, 2.24) is 20.4 Å². The van der Waals surface area contributed by atoms with Crippen LogP contribution in [0.3, 0.4) is 0 Å². The molecule has 2 heterocycles. The van der Waals surface area contributed by atoms with Gasteiger partial charge in [-0.25, -0.2) is 15.4 Å². The second-order valence-corrected chi connectivity index (χ2v) is 4.20. The monoisotopic (exact) mass is 263 g/mol. The first-order valence-corrected chi connectivity index (χ1v) is 5.32. The van der Waals surface area contributed by atoms with E-state index in [0.717, 1.165) is 6.20 Å². The molecule has 92 valence electrons. The van der Waals surface area contributed by atoms with Gasteiger partial charge in [0, 0.05) is 18.6 Å². The Morgan fingerprint density at radius 2 is 2.18 bits per heavy atom. The minimum absolute atomic E-state index is 0.342. The number of halogens is 3. The SMILES string of the molecule is NNC(c1ncc[nH]1)c1cnc(C(F)(F)F)s1. The van der Waals surface area contributed by atoms with Gasteiger partial charge in [0.05, 0.1) is 4.88 Å². The van der Waals surface area contributed by atoms with E-state index in [1.807, 2.05) is 0 Å². The number of imidazole rings is 1. The lowest BCUT2D eigenvalue weighted by Crippen LogP contribution is -2.29. The number of hydrazine groups is 1. The first-order valence-electron chi connectivity index (χ1n) is 4.50. The summed E-state index contributed by atoms with van der Waals surface area (Å²) in [5, 5.41) is -0.903. The van der Waals surface area contributed by atoms with Gasteiger partial charge in [0.15, 0.2) is 5.01 Å². The third-order valence-electron chi connectivity index (χ3n) is 2.01. The molecule has 0 aliphatic carbocycles. The maximum atomic E-state index is 12.4.